The summed E-state index contributed by atoms with van der Waals surface area (Å²) in [6, 6.07) is 0. The molecular weight excluding hydrogens is 154 g/mol. The van der Waals surface area contributed by atoms with Crippen molar-refractivity contribution in [2.45, 2.75) is 19.3 Å². The highest BCUT2D eigenvalue weighted by Gasteiger charge is 2.13. The summed E-state index contributed by atoms with van der Waals surface area (Å²) in [4.78, 5) is 12.8. The molecule has 4 heteroatoms. The Hall–Kier alpha value is -0.610. The molecule has 1 saturated heterocycles. The van der Waals surface area contributed by atoms with E-state index in [-0.39, 0.29) is 12.5 Å². The second-order valence-corrected chi connectivity index (χ2v) is 2.65. The maximum Gasteiger partial charge on any atom is 0.236 e. The number of amides is 1. The molecule has 0 spiro atoms. The third kappa shape index (κ3) is 3.69. The van der Waals surface area contributed by atoms with Crippen LogP contribution in [-0.2, 0) is 4.79 Å². The lowest BCUT2D eigenvalue weighted by Crippen LogP contribution is -2.39. The van der Waals surface area contributed by atoms with Crippen molar-refractivity contribution in [3.05, 3.63) is 0 Å². The topological polar surface area (TPSA) is 72.3 Å². The predicted octanol–water partition coefficient (Wildman–Crippen LogP) is -0.468. The minimum atomic E-state index is 0.0969. The molecule has 1 aliphatic heterocycles. The van der Waals surface area contributed by atoms with Gasteiger partial charge in [-0.1, -0.05) is 0 Å². The molecule has 0 aromatic carbocycles. The number of nitrogens with zero attached hydrogens (tertiary/aromatic N) is 1. The molecule has 0 radical (unpaired) electrons. The van der Waals surface area contributed by atoms with E-state index in [9.17, 15) is 4.79 Å². The first-order chi connectivity index (χ1) is 5.84. The van der Waals surface area contributed by atoms with Crippen LogP contribution in [0.1, 0.15) is 19.3 Å². The fourth-order valence-corrected chi connectivity index (χ4v) is 1.27. The Morgan fingerprint density at radius 1 is 1.25 bits per heavy atom. The molecule has 1 fully saturated rings. The van der Waals surface area contributed by atoms with Crippen molar-refractivity contribution in [2.75, 3.05) is 26.7 Å². The quantitative estimate of drug-likeness (QED) is 0.563. The number of hydrogen-bond acceptors (Lipinski definition) is 3. The maximum absolute atomic E-state index is 11.0. The molecule has 0 atom stereocenters. The van der Waals surface area contributed by atoms with Gasteiger partial charge in [0.25, 0.3) is 0 Å². The normalized spacial score (nSPS) is 16.4. The van der Waals surface area contributed by atoms with Crippen LogP contribution < -0.4 is 11.5 Å². The van der Waals surface area contributed by atoms with Crippen molar-refractivity contribution in [1.82, 2.24) is 4.90 Å². The molecule has 72 valence electrons. The van der Waals surface area contributed by atoms with Gasteiger partial charge in [0.1, 0.15) is 0 Å². The van der Waals surface area contributed by atoms with Crippen LogP contribution in [0.3, 0.4) is 0 Å². The van der Waals surface area contributed by atoms with Gasteiger partial charge >= 0.3 is 0 Å². The van der Waals surface area contributed by atoms with Gasteiger partial charge in [0, 0.05) is 13.1 Å². The fourth-order valence-electron chi connectivity index (χ4n) is 1.27. The monoisotopic (exact) mass is 173 g/mol. The Bertz CT molecular complexity index is 121. The Balaban J connectivity index is 0.000000561. The third-order valence-corrected chi connectivity index (χ3v) is 1.88. The average Bonchev–Trinajstić information content (AvgIpc) is 2.21. The summed E-state index contributed by atoms with van der Waals surface area (Å²) in [6.45, 7) is 1.99. The standard InChI is InChI=1S/C7H14N2O.CH5N/c8-6-7(10)9-4-2-1-3-5-9;1-2/h1-6,8H2;2H2,1H3. The SMILES string of the molecule is CN.NCC(=O)N1CCCCC1. The zero-order chi connectivity index (χ0) is 9.40. The number of nitrogens with two attached hydrogens (primary N) is 2. The molecule has 0 saturated carbocycles. The minimum absolute atomic E-state index is 0.0969. The zero-order valence-electron chi connectivity index (χ0n) is 7.75. The van der Waals surface area contributed by atoms with E-state index in [1.807, 2.05) is 4.90 Å². The smallest absolute Gasteiger partial charge is 0.236 e. The van der Waals surface area contributed by atoms with E-state index < -0.39 is 0 Å². The average molecular weight is 173 g/mol. The Labute approximate surface area is 73.9 Å². The summed E-state index contributed by atoms with van der Waals surface area (Å²) in [7, 11) is 1.50. The second-order valence-electron chi connectivity index (χ2n) is 2.65. The lowest BCUT2D eigenvalue weighted by Gasteiger charge is -2.25. The molecule has 0 aromatic heterocycles. The first-order valence-electron chi connectivity index (χ1n) is 4.40. The first kappa shape index (κ1) is 11.4. The number of carbonyl (C=O) groups is 1. The Morgan fingerprint density at radius 2 is 1.75 bits per heavy atom. The van der Waals surface area contributed by atoms with Gasteiger partial charge in [0.2, 0.25) is 5.91 Å². The van der Waals surface area contributed by atoms with Crippen molar-refractivity contribution >= 4 is 5.91 Å². The van der Waals surface area contributed by atoms with Gasteiger partial charge in [-0.2, -0.15) is 0 Å². The number of piperidine rings is 1. The van der Waals surface area contributed by atoms with Gasteiger partial charge < -0.3 is 16.4 Å². The summed E-state index contributed by atoms with van der Waals surface area (Å²) in [5.41, 5.74) is 9.71. The highest BCUT2D eigenvalue weighted by atomic mass is 16.2. The van der Waals surface area contributed by atoms with E-state index in [0.717, 1.165) is 25.9 Å². The Morgan fingerprint density at radius 3 is 2.17 bits per heavy atom. The number of rotatable bonds is 1. The van der Waals surface area contributed by atoms with Gasteiger partial charge in [-0.25, -0.2) is 0 Å². The van der Waals surface area contributed by atoms with Gasteiger partial charge in [0.15, 0.2) is 0 Å². The molecule has 1 rings (SSSR count). The molecule has 1 aliphatic rings. The van der Waals surface area contributed by atoms with Crippen molar-refractivity contribution < 1.29 is 4.79 Å². The lowest BCUT2D eigenvalue weighted by molar-refractivity contribution is -0.130. The molecule has 1 amide bonds. The van der Waals surface area contributed by atoms with E-state index in [1.165, 1.54) is 13.5 Å². The molecule has 1 heterocycles. The van der Waals surface area contributed by atoms with Gasteiger partial charge in [-0.05, 0) is 26.3 Å². The van der Waals surface area contributed by atoms with Crippen LogP contribution in [-0.4, -0.2) is 37.5 Å². The third-order valence-electron chi connectivity index (χ3n) is 1.88. The van der Waals surface area contributed by atoms with E-state index in [0.29, 0.717) is 0 Å². The van der Waals surface area contributed by atoms with E-state index in [2.05, 4.69) is 5.73 Å². The minimum Gasteiger partial charge on any atom is -0.342 e. The maximum atomic E-state index is 11.0. The largest absolute Gasteiger partial charge is 0.342 e. The summed E-state index contributed by atoms with van der Waals surface area (Å²) in [5.74, 6) is 0.0969. The summed E-state index contributed by atoms with van der Waals surface area (Å²) >= 11 is 0. The molecule has 12 heavy (non-hydrogen) atoms. The predicted molar refractivity (Wildman–Crippen MR) is 49.6 cm³/mol. The highest BCUT2D eigenvalue weighted by Crippen LogP contribution is 2.07. The van der Waals surface area contributed by atoms with Crippen LogP contribution in [0, 0.1) is 0 Å². The van der Waals surface area contributed by atoms with Crippen LogP contribution >= 0.6 is 0 Å². The number of carbonyl (C=O) groups excluding carboxylic acids is 1. The number of hydrogen-bond donors (Lipinski definition) is 2. The molecule has 0 aliphatic carbocycles. The van der Waals surface area contributed by atoms with Gasteiger partial charge in [0.05, 0.1) is 6.54 Å². The molecule has 0 unspecified atom stereocenters. The molecular formula is C8H19N3O. The van der Waals surface area contributed by atoms with Crippen molar-refractivity contribution in [2.24, 2.45) is 11.5 Å². The second kappa shape index (κ2) is 7.06. The van der Waals surface area contributed by atoms with Crippen molar-refractivity contribution in [1.29, 1.82) is 0 Å². The molecule has 4 nitrogen and oxygen atoms in total. The highest BCUT2D eigenvalue weighted by molar-refractivity contribution is 5.78. The molecule has 0 aromatic rings. The van der Waals surface area contributed by atoms with Crippen LogP contribution in [0.2, 0.25) is 0 Å². The van der Waals surface area contributed by atoms with Crippen molar-refractivity contribution in [3.63, 3.8) is 0 Å². The first-order valence-corrected chi connectivity index (χ1v) is 4.40. The van der Waals surface area contributed by atoms with E-state index >= 15 is 0 Å². The van der Waals surface area contributed by atoms with E-state index in [1.54, 1.807) is 0 Å². The summed E-state index contributed by atoms with van der Waals surface area (Å²) < 4.78 is 0. The van der Waals surface area contributed by atoms with Crippen LogP contribution in [0.25, 0.3) is 0 Å². The summed E-state index contributed by atoms with van der Waals surface area (Å²) in [6.07, 6.45) is 3.55. The fraction of sp³-hybridized carbons (Fsp3) is 0.875. The summed E-state index contributed by atoms with van der Waals surface area (Å²) in [5, 5.41) is 0. The van der Waals surface area contributed by atoms with Crippen molar-refractivity contribution in [3.8, 4) is 0 Å². The molecule has 0 bridgehead atoms. The van der Waals surface area contributed by atoms with E-state index in [4.69, 9.17) is 5.73 Å². The Kier molecular flexibility index (Phi) is 6.70. The zero-order valence-corrected chi connectivity index (χ0v) is 7.75. The molecule has 4 N–H and O–H groups in total. The van der Waals surface area contributed by atoms with Crippen LogP contribution in [0.4, 0.5) is 0 Å². The van der Waals surface area contributed by atoms with Crippen LogP contribution in [0.15, 0.2) is 0 Å². The van der Waals surface area contributed by atoms with Crippen LogP contribution in [0.5, 0.6) is 0 Å². The van der Waals surface area contributed by atoms with Gasteiger partial charge in [-0.3, -0.25) is 4.79 Å². The lowest BCUT2D eigenvalue weighted by atomic mass is 10.1. The number of likely N-dealkylation sites (tertiary alicyclic amines) is 1. The van der Waals surface area contributed by atoms with Gasteiger partial charge in [-0.15, -0.1) is 0 Å².